The number of imidazole rings is 1. The van der Waals surface area contributed by atoms with Gasteiger partial charge in [0.05, 0.1) is 16.0 Å². The Labute approximate surface area is 197 Å². The van der Waals surface area contributed by atoms with Crippen molar-refractivity contribution >= 4 is 33.7 Å². The minimum Gasteiger partial charge on any atom is -0.378 e. The van der Waals surface area contributed by atoms with Gasteiger partial charge in [0.2, 0.25) is 0 Å². The second-order valence-electron chi connectivity index (χ2n) is 8.67. The summed E-state index contributed by atoms with van der Waals surface area (Å²) < 4.78 is 2.10. The number of nitrogens with zero attached hydrogens (tertiary/aromatic N) is 4. The van der Waals surface area contributed by atoms with E-state index in [9.17, 15) is 14.9 Å². The van der Waals surface area contributed by atoms with Gasteiger partial charge in [0, 0.05) is 43.6 Å². The van der Waals surface area contributed by atoms with Crippen molar-refractivity contribution in [2.75, 3.05) is 24.3 Å². The number of amides is 1. The topological polar surface area (TPSA) is 93.3 Å². The number of hydrogen-bond acceptors (Lipinski definition) is 5. The number of fused-ring (bicyclic) bond motifs is 2. The predicted octanol–water partition coefficient (Wildman–Crippen LogP) is 5.27. The SMILES string of the molecule is CN(C)c1ccc(NC(=O)c2nc(-c3cccc4c([N+](=O)[O-])cccc34)n3c2CCCC3)cc1. The average Bonchev–Trinajstić information content (AvgIpc) is 3.23. The first-order valence-electron chi connectivity index (χ1n) is 11.3. The Morgan fingerprint density at radius 3 is 2.50 bits per heavy atom. The van der Waals surface area contributed by atoms with Crippen molar-refractivity contribution in [2.24, 2.45) is 0 Å². The van der Waals surface area contributed by atoms with Crippen molar-refractivity contribution in [3.8, 4) is 11.4 Å². The summed E-state index contributed by atoms with van der Waals surface area (Å²) in [5.41, 5.74) is 3.92. The molecule has 1 aliphatic rings. The van der Waals surface area contributed by atoms with Crippen LogP contribution in [-0.4, -0.2) is 34.5 Å². The summed E-state index contributed by atoms with van der Waals surface area (Å²) in [6.07, 6.45) is 2.75. The van der Waals surface area contributed by atoms with E-state index in [1.807, 2.05) is 55.4 Å². The molecule has 0 bridgehead atoms. The number of carbonyl (C=O) groups is 1. The molecule has 0 spiro atoms. The van der Waals surface area contributed by atoms with Gasteiger partial charge in [-0.1, -0.05) is 24.3 Å². The van der Waals surface area contributed by atoms with Crippen molar-refractivity contribution in [1.29, 1.82) is 0 Å². The van der Waals surface area contributed by atoms with E-state index in [1.165, 1.54) is 6.07 Å². The molecule has 0 saturated heterocycles. The summed E-state index contributed by atoms with van der Waals surface area (Å²) in [7, 11) is 3.93. The summed E-state index contributed by atoms with van der Waals surface area (Å²) in [5, 5.41) is 15.8. The maximum Gasteiger partial charge on any atom is 0.277 e. The van der Waals surface area contributed by atoms with Crippen LogP contribution in [0.5, 0.6) is 0 Å². The molecule has 0 saturated carbocycles. The first-order chi connectivity index (χ1) is 16.4. The fourth-order valence-corrected chi connectivity index (χ4v) is 4.61. The Kier molecular flexibility index (Phi) is 5.49. The highest BCUT2D eigenvalue weighted by molar-refractivity contribution is 6.05. The molecule has 1 aromatic heterocycles. The zero-order chi connectivity index (χ0) is 23.8. The van der Waals surface area contributed by atoms with Crippen molar-refractivity contribution in [3.63, 3.8) is 0 Å². The monoisotopic (exact) mass is 455 g/mol. The second kappa shape index (κ2) is 8.62. The van der Waals surface area contributed by atoms with Gasteiger partial charge in [-0.2, -0.15) is 0 Å². The number of aromatic nitrogens is 2. The van der Waals surface area contributed by atoms with Gasteiger partial charge in [-0.3, -0.25) is 14.9 Å². The van der Waals surface area contributed by atoms with Crippen LogP contribution < -0.4 is 10.2 Å². The van der Waals surface area contributed by atoms with Gasteiger partial charge in [-0.05, 0) is 55.0 Å². The number of nitrogens with one attached hydrogen (secondary N) is 1. The zero-order valence-electron chi connectivity index (χ0n) is 19.1. The van der Waals surface area contributed by atoms with E-state index in [2.05, 4.69) is 9.88 Å². The van der Waals surface area contributed by atoms with E-state index in [4.69, 9.17) is 4.98 Å². The van der Waals surface area contributed by atoms with E-state index < -0.39 is 0 Å². The predicted molar refractivity (Wildman–Crippen MR) is 133 cm³/mol. The zero-order valence-corrected chi connectivity index (χ0v) is 19.1. The van der Waals surface area contributed by atoms with E-state index in [1.54, 1.807) is 18.2 Å². The van der Waals surface area contributed by atoms with Crippen LogP contribution in [-0.2, 0) is 13.0 Å². The normalized spacial score (nSPS) is 12.9. The molecule has 0 unspecified atom stereocenters. The second-order valence-corrected chi connectivity index (χ2v) is 8.67. The fraction of sp³-hybridized carbons (Fsp3) is 0.231. The first-order valence-corrected chi connectivity index (χ1v) is 11.3. The van der Waals surface area contributed by atoms with Crippen LogP contribution in [0.1, 0.15) is 29.0 Å². The van der Waals surface area contributed by atoms with Gasteiger partial charge in [0.15, 0.2) is 0 Å². The molecule has 0 aliphatic carbocycles. The van der Waals surface area contributed by atoms with Crippen molar-refractivity contribution in [1.82, 2.24) is 9.55 Å². The number of rotatable bonds is 5. The number of anilines is 2. The first kappa shape index (κ1) is 21.6. The van der Waals surface area contributed by atoms with E-state index in [-0.39, 0.29) is 16.5 Å². The molecule has 0 fully saturated rings. The van der Waals surface area contributed by atoms with Crippen LogP contribution in [0, 0.1) is 10.1 Å². The Morgan fingerprint density at radius 2 is 1.76 bits per heavy atom. The summed E-state index contributed by atoms with van der Waals surface area (Å²) in [6.45, 7) is 0.758. The molecule has 1 N–H and O–H groups in total. The van der Waals surface area contributed by atoms with Gasteiger partial charge in [-0.25, -0.2) is 4.98 Å². The molecular formula is C26H25N5O3. The fourth-order valence-electron chi connectivity index (χ4n) is 4.61. The summed E-state index contributed by atoms with van der Waals surface area (Å²) in [6, 6.07) is 18.2. The van der Waals surface area contributed by atoms with Crippen LogP contribution in [0.2, 0.25) is 0 Å². The number of nitro groups is 1. The molecule has 3 aromatic carbocycles. The Bertz CT molecular complexity index is 1410. The largest absolute Gasteiger partial charge is 0.378 e. The van der Waals surface area contributed by atoms with Gasteiger partial charge in [-0.15, -0.1) is 0 Å². The standard InChI is InChI=1S/C26H25N5O3/c1-29(2)18-14-12-17(13-15-18)27-26(32)24-23-10-3-4-16-30(23)25(28-24)21-9-5-8-20-19(21)7-6-11-22(20)31(33)34/h5-9,11-15H,3-4,10,16H2,1-2H3,(H,27,32). The lowest BCUT2D eigenvalue weighted by Crippen LogP contribution is -2.18. The molecule has 8 nitrogen and oxygen atoms in total. The maximum absolute atomic E-state index is 13.3. The highest BCUT2D eigenvalue weighted by atomic mass is 16.6. The molecule has 8 heteroatoms. The molecular weight excluding hydrogens is 430 g/mol. The van der Waals surface area contributed by atoms with E-state index in [0.717, 1.165) is 48.1 Å². The molecule has 5 rings (SSSR count). The highest BCUT2D eigenvalue weighted by Gasteiger charge is 2.26. The molecule has 0 radical (unpaired) electrons. The Hall–Kier alpha value is -4.20. The molecule has 34 heavy (non-hydrogen) atoms. The minimum absolute atomic E-state index is 0.0592. The summed E-state index contributed by atoms with van der Waals surface area (Å²) >= 11 is 0. The number of hydrogen-bond donors (Lipinski definition) is 1. The molecule has 1 amide bonds. The average molecular weight is 456 g/mol. The quantitative estimate of drug-likeness (QED) is 0.327. The number of nitro benzene ring substituents is 1. The lowest BCUT2D eigenvalue weighted by Gasteiger charge is -2.18. The lowest BCUT2D eigenvalue weighted by atomic mass is 10.0. The summed E-state index contributed by atoms with van der Waals surface area (Å²) in [5.74, 6) is 0.426. The van der Waals surface area contributed by atoms with Gasteiger partial charge >= 0.3 is 0 Å². The van der Waals surface area contributed by atoms with Crippen LogP contribution in [0.25, 0.3) is 22.2 Å². The van der Waals surface area contributed by atoms with E-state index in [0.29, 0.717) is 22.6 Å². The van der Waals surface area contributed by atoms with Gasteiger partial charge in [0.1, 0.15) is 11.5 Å². The summed E-state index contributed by atoms with van der Waals surface area (Å²) in [4.78, 5) is 31.3. The lowest BCUT2D eigenvalue weighted by molar-refractivity contribution is -0.383. The third-order valence-corrected chi connectivity index (χ3v) is 6.31. The molecule has 4 aromatic rings. The van der Waals surface area contributed by atoms with Crippen LogP contribution >= 0.6 is 0 Å². The highest BCUT2D eigenvalue weighted by Crippen LogP contribution is 2.35. The smallest absolute Gasteiger partial charge is 0.277 e. The number of non-ortho nitro benzene ring substituents is 1. The minimum atomic E-state index is -0.367. The Balaban J connectivity index is 1.57. The van der Waals surface area contributed by atoms with E-state index >= 15 is 0 Å². The third-order valence-electron chi connectivity index (χ3n) is 6.31. The molecule has 1 aliphatic heterocycles. The number of carbonyl (C=O) groups excluding carboxylic acids is 1. The number of benzene rings is 3. The maximum atomic E-state index is 13.3. The molecule has 172 valence electrons. The van der Waals surface area contributed by atoms with Crippen molar-refractivity contribution < 1.29 is 9.72 Å². The van der Waals surface area contributed by atoms with Crippen LogP contribution in [0.3, 0.4) is 0 Å². The molecule has 2 heterocycles. The van der Waals surface area contributed by atoms with Crippen molar-refractivity contribution in [2.45, 2.75) is 25.8 Å². The molecule has 0 atom stereocenters. The van der Waals surface area contributed by atoms with Crippen LogP contribution in [0.15, 0.2) is 60.7 Å². The van der Waals surface area contributed by atoms with Gasteiger partial charge in [0.25, 0.3) is 11.6 Å². The Morgan fingerprint density at radius 1 is 1.03 bits per heavy atom. The van der Waals surface area contributed by atoms with Crippen LogP contribution in [0.4, 0.5) is 17.1 Å². The van der Waals surface area contributed by atoms with Gasteiger partial charge < -0.3 is 14.8 Å². The van der Waals surface area contributed by atoms with Crippen molar-refractivity contribution in [3.05, 3.63) is 82.2 Å². The third kappa shape index (κ3) is 3.77.